The molecule has 0 amide bonds. The molecule has 0 aliphatic carbocycles. The predicted molar refractivity (Wildman–Crippen MR) is 91.6 cm³/mol. The summed E-state index contributed by atoms with van der Waals surface area (Å²) in [6.07, 6.45) is -1.80. The fraction of sp³-hybridized carbons (Fsp3) is 0.611. The second kappa shape index (κ2) is 9.40. The number of carbonyl (C=O) groups excluding carboxylic acids is 3. The Morgan fingerprint density at radius 1 is 1.04 bits per heavy atom. The van der Waals surface area contributed by atoms with Crippen molar-refractivity contribution in [2.24, 2.45) is 5.41 Å². The largest absolute Gasteiger partial charge is 0.510 e. The van der Waals surface area contributed by atoms with Crippen LogP contribution in [0.3, 0.4) is 0 Å². The number of hydrogen-bond acceptors (Lipinski definition) is 9. The molecule has 9 heteroatoms. The molecule has 0 radical (unpaired) electrons. The van der Waals surface area contributed by atoms with Gasteiger partial charge in [-0.25, -0.2) is 19.4 Å². The van der Waals surface area contributed by atoms with Gasteiger partial charge in [0, 0.05) is 5.57 Å². The van der Waals surface area contributed by atoms with Gasteiger partial charge in [0.1, 0.15) is 0 Å². The van der Waals surface area contributed by atoms with Crippen molar-refractivity contribution in [1.82, 2.24) is 0 Å². The topological polar surface area (TPSA) is 113 Å². The molecule has 27 heavy (non-hydrogen) atoms. The lowest BCUT2D eigenvalue weighted by atomic mass is 9.99. The Morgan fingerprint density at radius 2 is 1.59 bits per heavy atom. The molecule has 0 aromatic rings. The first-order chi connectivity index (χ1) is 12.4. The van der Waals surface area contributed by atoms with E-state index in [2.05, 4.69) is 9.78 Å². The highest BCUT2D eigenvalue weighted by molar-refractivity contribution is 6.07. The lowest BCUT2D eigenvalue weighted by Crippen LogP contribution is -2.28. The van der Waals surface area contributed by atoms with Gasteiger partial charge in [0.25, 0.3) is 0 Å². The molecule has 0 saturated carbocycles. The van der Waals surface area contributed by atoms with Crippen LogP contribution in [-0.4, -0.2) is 37.1 Å². The molecule has 0 bridgehead atoms. The molecule has 0 spiro atoms. The van der Waals surface area contributed by atoms with Crippen LogP contribution in [0.1, 0.15) is 48.5 Å². The average Bonchev–Trinajstić information content (AvgIpc) is 3.35. The Bertz CT molecular complexity index is 634. The number of carbonyl (C=O) groups is 3. The van der Waals surface area contributed by atoms with Gasteiger partial charge in [-0.3, -0.25) is 4.79 Å². The molecule has 2 atom stereocenters. The maximum absolute atomic E-state index is 12.0. The van der Waals surface area contributed by atoms with Gasteiger partial charge in [-0.2, -0.15) is 0 Å². The quantitative estimate of drug-likeness (QED) is 0.204. The molecule has 1 heterocycles. The third-order valence-electron chi connectivity index (χ3n) is 3.05. The van der Waals surface area contributed by atoms with Gasteiger partial charge < -0.3 is 18.9 Å². The minimum absolute atomic E-state index is 0.0641. The molecular weight excluding hydrogens is 360 g/mol. The zero-order chi connectivity index (χ0) is 20.8. The smallest absolute Gasteiger partial charge is 0.434 e. The van der Waals surface area contributed by atoms with Crippen LogP contribution in [0.15, 0.2) is 23.2 Å². The maximum Gasteiger partial charge on any atom is 0.510 e. The molecular formula is C18H26O9. The van der Waals surface area contributed by atoms with Crippen LogP contribution >= 0.6 is 0 Å². The average molecular weight is 386 g/mol. The predicted octanol–water partition coefficient (Wildman–Crippen LogP) is 3.15. The summed E-state index contributed by atoms with van der Waals surface area (Å²) in [5.74, 6) is -1.07. The first-order valence-electron chi connectivity index (χ1n) is 8.37. The van der Waals surface area contributed by atoms with E-state index in [1.165, 1.54) is 27.7 Å². The van der Waals surface area contributed by atoms with Crippen molar-refractivity contribution < 1.29 is 43.1 Å². The summed E-state index contributed by atoms with van der Waals surface area (Å²) in [5.41, 5.74) is 0.107. The Hall–Kier alpha value is -2.55. The van der Waals surface area contributed by atoms with Gasteiger partial charge in [0.2, 0.25) is 12.6 Å². The number of ether oxygens (including phenoxy) is 4. The molecule has 1 aliphatic rings. The van der Waals surface area contributed by atoms with Crippen LogP contribution in [0.4, 0.5) is 4.79 Å². The first kappa shape index (κ1) is 22.5. The van der Waals surface area contributed by atoms with E-state index in [4.69, 9.17) is 18.9 Å². The summed E-state index contributed by atoms with van der Waals surface area (Å²) in [5, 5.41) is 0. The van der Waals surface area contributed by atoms with E-state index >= 15 is 0 Å². The zero-order valence-electron chi connectivity index (χ0n) is 16.6. The van der Waals surface area contributed by atoms with E-state index in [-0.39, 0.29) is 29.1 Å². The van der Waals surface area contributed by atoms with E-state index in [9.17, 15) is 14.4 Å². The Balaban J connectivity index is 2.42. The van der Waals surface area contributed by atoms with Crippen molar-refractivity contribution >= 4 is 17.9 Å². The van der Waals surface area contributed by atoms with Crippen molar-refractivity contribution in [3.05, 3.63) is 23.2 Å². The van der Waals surface area contributed by atoms with Crippen LogP contribution in [0, 0.1) is 5.41 Å². The lowest BCUT2D eigenvalue weighted by molar-refractivity contribution is -0.216. The van der Waals surface area contributed by atoms with E-state index in [0.717, 1.165) is 6.08 Å². The van der Waals surface area contributed by atoms with Gasteiger partial charge in [-0.1, -0.05) is 20.8 Å². The number of allylic oxidation sites excluding steroid dienone is 2. The molecule has 9 nitrogen and oxygen atoms in total. The Morgan fingerprint density at radius 3 is 2.11 bits per heavy atom. The fourth-order valence-electron chi connectivity index (χ4n) is 1.62. The van der Waals surface area contributed by atoms with Crippen LogP contribution < -0.4 is 0 Å². The van der Waals surface area contributed by atoms with Crippen LogP contribution in [0.5, 0.6) is 0 Å². The van der Waals surface area contributed by atoms with Gasteiger partial charge in [-0.15, -0.1) is 0 Å². The fourth-order valence-corrected chi connectivity index (χ4v) is 1.62. The molecule has 0 aromatic heterocycles. The maximum atomic E-state index is 12.0. The van der Waals surface area contributed by atoms with Gasteiger partial charge in [0.05, 0.1) is 12.2 Å². The summed E-state index contributed by atoms with van der Waals surface area (Å²) in [6, 6.07) is 0. The van der Waals surface area contributed by atoms with E-state index in [1.54, 1.807) is 0 Å². The zero-order valence-corrected chi connectivity index (χ0v) is 16.6. The van der Waals surface area contributed by atoms with E-state index in [1.807, 2.05) is 20.8 Å². The molecule has 1 aliphatic heterocycles. The standard InChI is InChI=1S/C18H26O9/c1-10(8-14(19)11(2)16-26-27-16)15(20)24-12(3)23-13(4)25-17(21)22-9-18(5,6)7/h8,12-13H,9H2,1-7H3/b10-8+. The van der Waals surface area contributed by atoms with E-state index < -0.39 is 30.5 Å². The monoisotopic (exact) mass is 386 g/mol. The number of esters is 1. The lowest BCUT2D eigenvalue weighted by Gasteiger charge is -2.21. The summed E-state index contributed by atoms with van der Waals surface area (Å²) in [6.45, 7) is 11.7. The highest BCUT2D eigenvalue weighted by Crippen LogP contribution is 2.23. The normalized spacial score (nSPS) is 15.7. The number of rotatable bonds is 8. The highest BCUT2D eigenvalue weighted by Gasteiger charge is 2.26. The third kappa shape index (κ3) is 9.09. The molecule has 0 aromatic carbocycles. The van der Waals surface area contributed by atoms with Gasteiger partial charge in [-0.05, 0) is 39.2 Å². The highest BCUT2D eigenvalue weighted by atomic mass is 17.4. The number of hydrogen-bond donors (Lipinski definition) is 0. The Labute approximate surface area is 158 Å². The van der Waals surface area contributed by atoms with Gasteiger partial charge in [0.15, 0.2) is 5.78 Å². The number of ketones is 1. The van der Waals surface area contributed by atoms with Crippen LogP contribution in [0.2, 0.25) is 0 Å². The SMILES string of the molecule is CC(C(=O)/C=C(\C)C(=O)OC(C)OC(C)OC(=O)OCC(C)(C)C)=C1OO1. The van der Waals surface area contributed by atoms with Crippen molar-refractivity contribution in [2.75, 3.05) is 6.61 Å². The molecule has 1 rings (SSSR count). The minimum Gasteiger partial charge on any atom is -0.434 e. The van der Waals surface area contributed by atoms with Crippen LogP contribution in [-0.2, 0) is 38.3 Å². The van der Waals surface area contributed by atoms with Crippen LogP contribution in [0.25, 0.3) is 0 Å². The van der Waals surface area contributed by atoms with E-state index in [0.29, 0.717) is 0 Å². The first-order valence-corrected chi connectivity index (χ1v) is 8.37. The van der Waals surface area contributed by atoms with Crippen molar-refractivity contribution in [1.29, 1.82) is 0 Å². The molecule has 152 valence electrons. The second-order valence-electron chi connectivity index (χ2n) is 7.16. The van der Waals surface area contributed by atoms with Gasteiger partial charge >= 0.3 is 18.1 Å². The van der Waals surface area contributed by atoms with Crippen molar-refractivity contribution in [3.63, 3.8) is 0 Å². The molecule has 2 unspecified atom stereocenters. The minimum atomic E-state index is -1.02. The van der Waals surface area contributed by atoms with Crippen molar-refractivity contribution in [2.45, 2.75) is 61.0 Å². The summed E-state index contributed by atoms with van der Waals surface area (Å²) >= 11 is 0. The Kier molecular flexibility index (Phi) is 7.83. The second-order valence-corrected chi connectivity index (χ2v) is 7.16. The molecule has 1 saturated heterocycles. The third-order valence-corrected chi connectivity index (χ3v) is 3.05. The summed E-state index contributed by atoms with van der Waals surface area (Å²) in [4.78, 5) is 44.3. The summed E-state index contributed by atoms with van der Waals surface area (Å²) < 4.78 is 20.1. The molecule has 0 N–H and O–H groups in total. The molecule has 1 fully saturated rings. The van der Waals surface area contributed by atoms with Crippen molar-refractivity contribution in [3.8, 4) is 0 Å². The summed E-state index contributed by atoms with van der Waals surface area (Å²) in [7, 11) is 0.